The molecule has 25 heavy (non-hydrogen) atoms. The number of carbonyl (C=O) groups is 1. The Kier molecular flexibility index (Phi) is 6.93. The minimum absolute atomic E-state index is 0.0420. The number of halogens is 1. The highest BCUT2D eigenvalue weighted by molar-refractivity contribution is 5.83. The van der Waals surface area contributed by atoms with Crippen LogP contribution in [0.2, 0.25) is 0 Å². The Labute approximate surface area is 150 Å². The van der Waals surface area contributed by atoms with E-state index in [1.165, 1.54) is 12.1 Å². The fraction of sp³-hybridized carbons (Fsp3) is 0.632. The van der Waals surface area contributed by atoms with Crippen molar-refractivity contribution in [2.75, 3.05) is 27.7 Å². The molecule has 3 atom stereocenters. The molecule has 1 heterocycles. The van der Waals surface area contributed by atoms with Crippen LogP contribution in [0.15, 0.2) is 24.3 Å². The summed E-state index contributed by atoms with van der Waals surface area (Å²) in [6.45, 7) is 5.10. The fourth-order valence-corrected chi connectivity index (χ4v) is 3.60. The summed E-state index contributed by atoms with van der Waals surface area (Å²) in [7, 11) is 5.60. The lowest BCUT2D eigenvalue weighted by atomic mass is 9.91. The van der Waals surface area contributed by atoms with E-state index in [1.54, 1.807) is 17.0 Å². The lowest BCUT2D eigenvalue weighted by Gasteiger charge is -2.29. The number of nitrogens with zero attached hydrogens (tertiary/aromatic N) is 2. The second-order valence-corrected chi connectivity index (χ2v) is 7.35. The molecule has 5 nitrogen and oxygen atoms in total. The van der Waals surface area contributed by atoms with Gasteiger partial charge in [-0.2, -0.15) is 0 Å². The van der Waals surface area contributed by atoms with Crippen molar-refractivity contribution in [1.82, 2.24) is 20.7 Å². The Bertz CT molecular complexity index is 553. The van der Waals surface area contributed by atoms with Crippen LogP contribution < -0.4 is 10.9 Å². The zero-order chi connectivity index (χ0) is 18.6. The quantitative estimate of drug-likeness (QED) is 0.791. The van der Waals surface area contributed by atoms with E-state index in [-0.39, 0.29) is 11.7 Å². The zero-order valence-electron chi connectivity index (χ0n) is 15.9. The van der Waals surface area contributed by atoms with Gasteiger partial charge in [0.25, 0.3) is 0 Å². The van der Waals surface area contributed by atoms with Gasteiger partial charge in [-0.3, -0.25) is 20.5 Å². The predicted molar refractivity (Wildman–Crippen MR) is 98.4 cm³/mol. The van der Waals surface area contributed by atoms with Crippen LogP contribution in [0.4, 0.5) is 4.39 Å². The molecule has 140 valence electrons. The summed E-state index contributed by atoms with van der Waals surface area (Å²) in [5.74, 6) is 0.328. The van der Waals surface area contributed by atoms with E-state index in [1.807, 2.05) is 26.0 Å². The average molecular weight is 350 g/mol. The number of nitrogens with one attached hydrogen (secondary N) is 2. The van der Waals surface area contributed by atoms with Crippen LogP contribution in [-0.2, 0) is 4.79 Å². The van der Waals surface area contributed by atoms with Crippen molar-refractivity contribution < 1.29 is 9.18 Å². The standard InChI is InChI=1S/C19H31FN4O/c1-13-17(14(2)22-21-13)7-6-12-24(5)19(25)18(23(3)4)15-8-10-16(20)11-9-15/h8-11,13-14,17-18,21-22H,6-7,12H2,1-5H3. The lowest BCUT2D eigenvalue weighted by Crippen LogP contribution is -2.39. The minimum Gasteiger partial charge on any atom is -0.344 e. The predicted octanol–water partition coefficient (Wildman–Crippen LogP) is 2.17. The fourth-order valence-electron chi connectivity index (χ4n) is 3.60. The van der Waals surface area contributed by atoms with Crippen LogP contribution in [0.1, 0.15) is 38.3 Å². The van der Waals surface area contributed by atoms with Gasteiger partial charge in [0.05, 0.1) is 0 Å². The molecule has 0 spiro atoms. The van der Waals surface area contributed by atoms with Crippen molar-refractivity contribution in [3.8, 4) is 0 Å². The smallest absolute Gasteiger partial charge is 0.244 e. The molecule has 2 N–H and O–H groups in total. The van der Waals surface area contributed by atoms with Gasteiger partial charge < -0.3 is 4.90 Å². The van der Waals surface area contributed by atoms with Gasteiger partial charge in [-0.1, -0.05) is 12.1 Å². The maximum atomic E-state index is 13.2. The van der Waals surface area contributed by atoms with E-state index in [0.29, 0.717) is 18.0 Å². The number of hydrogen-bond acceptors (Lipinski definition) is 4. The van der Waals surface area contributed by atoms with Crippen molar-refractivity contribution in [1.29, 1.82) is 0 Å². The molecule has 1 aromatic carbocycles. The number of hydrazine groups is 1. The molecule has 1 aliphatic heterocycles. The van der Waals surface area contributed by atoms with Crippen molar-refractivity contribution in [3.05, 3.63) is 35.6 Å². The summed E-state index contributed by atoms with van der Waals surface area (Å²) in [4.78, 5) is 16.6. The molecule has 0 aromatic heterocycles. The molecular formula is C19H31FN4O. The SMILES string of the molecule is CC1NNC(C)C1CCCN(C)C(=O)C(c1ccc(F)cc1)N(C)C. The van der Waals surface area contributed by atoms with Crippen LogP contribution in [0, 0.1) is 11.7 Å². The summed E-state index contributed by atoms with van der Waals surface area (Å²) in [6, 6.07) is 6.69. The minimum atomic E-state index is -0.390. The van der Waals surface area contributed by atoms with Crippen LogP contribution >= 0.6 is 0 Å². The second-order valence-electron chi connectivity index (χ2n) is 7.35. The molecule has 0 bridgehead atoms. The van der Waals surface area contributed by atoms with Crippen LogP contribution in [0.25, 0.3) is 0 Å². The van der Waals surface area contributed by atoms with Gasteiger partial charge in [0.2, 0.25) is 5.91 Å². The van der Waals surface area contributed by atoms with Gasteiger partial charge in [0.1, 0.15) is 11.9 Å². The van der Waals surface area contributed by atoms with Gasteiger partial charge in [-0.25, -0.2) is 4.39 Å². The molecule has 2 rings (SSSR count). The zero-order valence-corrected chi connectivity index (χ0v) is 15.9. The van der Waals surface area contributed by atoms with Crippen LogP contribution in [0.5, 0.6) is 0 Å². The molecule has 6 heteroatoms. The first-order valence-electron chi connectivity index (χ1n) is 8.99. The van der Waals surface area contributed by atoms with Gasteiger partial charge in [-0.15, -0.1) is 0 Å². The number of benzene rings is 1. The molecule has 0 saturated carbocycles. The Morgan fingerprint density at radius 1 is 1.12 bits per heavy atom. The molecule has 1 amide bonds. The van der Waals surface area contributed by atoms with Crippen LogP contribution in [0.3, 0.4) is 0 Å². The number of rotatable bonds is 7. The molecular weight excluding hydrogens is 319 g/mol. The number of likely N-dealkylation sites (N-methyl/N-ethyl adjacent to an activating group) is 2. The third-order valence-electron chi connectivity index (χ3n) is 5.17. The molecule has 1 saturated heterocycles. The molecule has 0 aliphatic carbocycles. The highest BCUT2D eigenvalue weighted by Gasteiger charge is 2.30. The first kappa shape index (κ1) is 19.8. The van der Waals surface area contributed by atoms with E-state index in [0.717, 1.165) is 24.9 Å². The molecule has 0 radical (unpaired) electrons. The summed E-state index contributed by atoms with van der Waals surface area (Å²) < 4.78 is 13.2. The highest BCUT2D eigenvalue weighted by Crippen LogP contribution is 2.23. The Hall–Kier alpha value is -1.50. The number of hydrogen-bond donors (Lipinski definition) is 2. The monoisotopic (exact) mass is 350 g/mol. The summed E-state index contributed by atoms with van der Waals surface area (Å²) in [5.41, 5.74) is 7.36. The second kappa shape index (κ2) is 8.74. The number of amides is 1. The van der Waals surface area contributed by atoms with Crippen LogP contribution in [-0.4, -0.2) is 55.5 Å². The average Bonchev–Trinajstić information content (AvgIpc) is 2.88. The normalized spacial score (nSPS) is 24.5. The largest absolute Gasteiger partial charge is 0.344 e. The Morgan fingerprint density at radius 2 is 1.68 bits per heavy atom. The maximum Gasteiger partial charge on any atom is 0.244 e. The van der Waals surface area contributed by atoms with Gasteiger partial charge in [-0.05, 0) is 64.4 Å². The van der Waals surface area contributed by atoms with E-state index in [4.69, 9.17) is 0 Å². The topological polar surface area (TPSA) is 47.6 Å². The third-order valence-corrected chi connectivity index (χ3v) is 5.17. The first-order valence-corrected chi connectivity index (χ1v) is 8.99. The molecule has 3 unspecified atom stereocenters. The summed E-state index contributed by atoms with van der Waals surface area (Å²) >= 11 is 0. The summed E-state index contributed by atoms with van der Waals surface area (Å²) in [5, 5.41) is 0. The van der Waals surface area contributed by atoms with Crippen molar-refractivity contribution in [2.45, 2.75) is 44.8 Å². The summed E-state index contributed by atoms with van der Waals surface area (Å²) in [6.07, 6.45) is 2.04. The molecule has 1 fully saturated rings. The van der Waals surface area contributed by atoms with Crippen molar-refractivity contribution in [3.63, 3.8) is 0 Å². The highest BCUT2D eigenvalue weighted by atomic mass is 19.1. The van der Waals surface area contributed by atoms with Gasteiger partial charge >= 0.3 is 0 Å². The maximum absolute atomic E-state index is 13.2. The third kappa shape index (κ3) is 5.00. The van der Waals surface area contributed by atoms with Gasteiger partial charge in [0, 0.05) is 25.7 Å². The van der Waals surface area contributed by atoms with E-state index in [2.05, 4.69) is 24.7 Å². The Balaban J connectivity index is 1.93. The van der Waals surface area contributed by atoms with Crippen molar-refractivity contribution in [2.24, 2.45) is 5.92 Å². The van der Waals surface area contributed by atoms with Gasteiger partial charge in [0.15, 0.2) is 0 Å². The molecule has 1 aliphatic rings. The van der Waals surface area contributed by atoms with E-state index >= 15 is 0 Å². The lowest BCUT2D eigenvalue weighted by molar-refractivity contribution is -0.135. The van der Waals surface area contributed by atoms with Crippen molar-refractivity contribution >= 4 is 5.91 Å². The van der Waals surface area contributed by atoms with E-state index in [9.17, 15) is 9.18 Å². The first-order chi connectivity index (χ1) is 11.8. The van der Waals surface area contributed by atoms with E-state index < -0.39 is 6.04 Å². The molecule has 1 aromatic rings. The number of carbonyl (C=O) groups excluding carboxylic acids is 1. The Morgan fingerprint density at radius 3 is 2.20 bits per heavy atom.